The van der Waals surface area contributed by atoms with E-state index in [0.29, 0.717) is 37.6 Å². The molecule has 28 heavy (non-hydrogen) atoms. The topological polar surface area (TPSA) is 91.3 Å². The maximum atomic E-state index is 12.8. The van der Waals surface area contributed by atoms with E-state index in [-0.39, 0.29) is 11.8 Å². The predicted molar refractivity (Wildman–Crippen MR) is 110 cm³/mol. The lowest BCUT2D eigenvalue weighted by atomic mass is 10.2. The number of carbonyl (C=O) groups excluding carboxylic acids is 2. The minimum atomic E-state index is -0.218. The number of rotatable bonds is 4. The Hall–Kier alpha value is -2.85. The number of pyridine rings is 1. The Balaban J connectivity index is 1.39. The lowest BCUT2D eigenvalue weighted by Gasteiger charge is -2.34. The van der Waals surface area contributed by atoms with E-state index >= 15 is 0 Å². The molecule has 0 bridgehead atoms. The quantitative estimate of drug-likeness (QED) is 0.706. The number of nitrogens with zero attached hydrogens (tertiary/aromatic N) is 5. The van der Waals surface area contributed by atoms with Gasteiger partial charge in [0.05, 0.1) is 4.88 Å². The number of anilines is 2. The lowest BCUT2D eigenvalue weighted by molar-refractivity contribution is -0.114. The zero-order valence-corrected chi connectivity index (χ0v) is 16.8. The van der Waals surface area contributed by atoms with Gasteiger partial charge < -0.3 is 15.1 Å². The van der Waals surface area contributed by atoms with Crippen LogP contribution in [-0.2, 0) is 4.79 Å². The summed E-state index contributed by atoms with van der Waals surface area (Å²) in [7, 11) is 0. The van der Waals surface area contributed by atoms with E-state index in [1.807, 2.05) is 22.4 Å². The van der Waals surface area contributed by atoms with Gasteiger partial charge in [0, 0.05) is 44.9 Å². The number of hydrogen-bond donors (Lipinski definition) is 1. The summed E-state index contributed by atoms with van der Waals surface area (Å²) in [6.07, 6.45) is 1.53. The van der Waals surface area contributed by atoms with Gasteiger partial charge in [-0.3, -0.25) is 9.59 Å². The van der Waals surface area contributed by atoms with Gasteiger partial charge in [-0.25, -0.2) is 4.98 Å². The van der Waals surface area contributed by atoms with E-state index in [0.717, 1.165) is 15.0 Å². The first-order chi connectivity index (χ1) is 13.6. The fraction of sp³-hybridized carbons (Fsp3) is 0.278. The van der Waals surface area contributed by atoms with E-state index in [4.69, 9.17) is 0 Å². The smallest absolute Gasteiger partial charge is 0.254 e. The first-order valence-corrected chi connectivity index (χ1v) is 10.4. The fourth-order valence-electron chi connectivity index (χ4n) is 2.94. The molecule has 1 aliphatic rings. The van der Waals surface area contributed by atoms with Gasteiger partial charge in [-0.05, 0) is 23.6 Å². The third-order valence-corrected chi connectivity index (χ3v) is 6.32. The van der Waals surface area contributed by atoms with Crippen LogP contribution in [0.15, 0.2) is 35.8 Å². The SMILES string of the molecule is CC(=O)Nc1cc(C(=O)N2CCN(c3nnc(-c4cccs4)s3)CC2)ccn1. The lowest BCUT2D eigenvalue weighted by Crippen LogP contribution is -2.48. The van der Waals surface area contributed by atoms with Gasteiger partial charge in [0.1, 0.15) is 5.82 Å². The van der Waals surface area contributed by atoms with Crippen LogP contribution < -0.4 is 10.2 Å². The summed E-state index contributed by atoms with van der Waals surface area (Å²) in [5, 5.41) is 15.0. The molecule has 0 radical (unpaired) electrons. The summed E-state index contributed by atoms with van der Waals surface area (Å²) in [6, 6.07) is 7.31. The van der Waals surface area contributed by atoms with Crippen LogP contribution in [0.3, 0.4) is 0 Å². The normalized spacial score (nSPS) is 14.2. The fourth-order valence-corrected chi connectivity index (χ4v) is 4.63. The molecule has 0 aromatic carbocycles. The predicted octanol–water partition coefficient (Wildman–Crippen LogP) is 2.58. The minimum absolute atomic E-state index is 0.0646. The summed E-state index contributed by atoms with van der Waals surface area (Å²) < 4.78 is 0. The summed E-state index contributed by atoms with van der Waals surface area (Å²) >= 11 is 3.22. The molecule has 0 unspecified atom stereocenters. The van der Waals surface area contributed by atoms with Gasteiger partial charge in [0.2, 0.25) is 11.0 Å². The molecular formula is C18H18N6O2S2. The average Bonchev–Trinajstić information content (AvgIpc) is 3.39. The van der Waals surface area contributed by atoms with Crippen molar-refractivity contribution in [3.63, 3.8) is 0 Å². The molecule has 3 aromatic heterocycles. The molecule has 0 spiro atoms. The highest BCUT2D eigenvalue weighted by molar-refractivity contribution is 7.22. The third-order valence-electron chi connectivity index (χ3n) is 4.29. The minimum Gasteiger partial charge on any atom is -0.343 e. The Morgan fingerprint density at radius 3 is 2.68 bits per heavy atom. The Morgan fingerprint density at radius 2 is 1.96 bits per heavy atom. The van der Waals surface area contributed by atoms with Crippen molar-refractivity contribution in [1.82, 2.24) is 20.1 Å². The van der Waals surface area contributed by atoms with Crippen LogP contribution in [-0.4, -0.2) is 58.1 Å². The summed E-state index contributed by atoms with van der Waals surface area (Å²) in [6.45, 7) is 4.02. The zero-order valence-electron chi connectivity index (χ0n) is 15.2. The molecule has 2 amide bonds. The largest absolute Gasteiger partial charge is 0.343 e. The van der Waals surface area contributed by atoms with E-state index in [9.17, 15) is 9.59 Å². The Labute approximate surface area is 169 Å². The molecular weight excluding hydrogens is 396 g/mol. The first-order valence-electron chi connectivity index (χ1n) is 8.75. The van der Waals surface area contributed by atoms with Gasteiger partial charge in [0.15, 0.2) is 5.01 Å². The van der Waals surface area contributed by atoms with Crippen molar-refractivity contribution in [3.05, 3.63) is 41.4 Å². The third kappa shape index (κ3) is 4.02. The maximum absolute atomic E-state index is 12.8. The molecule has 0 atom stereocenters. The number of carbonyl (C=O) groups is 2. The summed E-state index contributed by atoms with van der Waals surface area (Å²) in [5.41, 5.74) is 0.517. The highest BCUT2D eigenvalue weighted by Crippen LogP contribution is 2.31. The maximum Gasteiger partial charge on any atom is 0.254 e. The Bertz CT molecular complexity index is 980. The molecule has 4 heterocycles. The van der Waals surface area contributed by atoms with E-state index < -0.39 is 0 Å². The van der Waals surface area contributed by atoms with Gasteiger partial charge >= 0.3 is 0 Å². The molecule has 8 nitrogen and oxygen atoms in total. The van der Waals surface area contributed by atoms with Crippen LogP contribution in [0.1, 0.15) is 17.3 Å². The number of thiophene rings is 1. The van der Waals surface area contributed by atoms with Crippen LogP contribution in [0.2, 0.25) is 0 Å². The van der Waals surface area contributed by atoms with E-state index in [2.05, 4.69) is 25.4 Å². The first kappa shape index (κ1) is 18.5. The molecule has 4 rings (SSSR count). The van der Waals surface area contributed by atoms with Gasteiger partial charge in [-0.1, -0.05) is 17.4 Å². The Morgan fingerprint density at radius 1 is 1.14 bits per heavy atom. The average molecular weight is 415 g/mol. The highest BCUT2D eigenvalue weighted by atomic mass is 32.1. The van der Waals surface area contributed by atoms with Crippen LogP contribution in [0.4, 0.5) is 10.9 Å². The standard InChI is InChI=1S/C18H18N6O2S2/c1-12(25)20-15-11-13(4-5-19-15)17(26)23-6-8-24(9-7-23)18-22-21-16(28-18)14-3-2-10-27-14/h2-5,10-11H,6-9H2,1H3,(H,19,20,25). The highest BCUT2D eigenvalue weighted by Gasteiger charge is 2.24. The summed E-state index contributed by atoms with van der Waals surface area (Å²) in [4.78, 5) is 33.1. The van der Waals surface area contributed by atoms with Crippen molar-refractivity contribution in [2.75, 3.05) is 36.4 Å². The molecule has 1 saturated heterocycles. The number of hydrogen-bond acceptors (Lipinski definition) is 8. The van der Waals surface area contributed by atoms with Crippen molar-refractivity contribution in [1.29, 1.82) is 0 Å². The number of piperazine rings is 1. The van der Waals surface area contributed by atoms with Gasteiger partial charge in [-0.2, -0.15) is 0 Å². The van der Waals surface area contributed by atoms with E-state index in [1.165, 1.54) is 13.1 Å². The molecule has 1 fully saturated rings. The molecule has 1 aliphatic heterocycles. The van der Waals surface area contributed by atoms with Crippen molar-refractivity contribution >= 4 is 45.4 Å². The van der Waals surface area contributed by atoms with Crippen molar-refractivity contribution in [2.24, 2.45) is 0 Å². The molecule has 0 aliphatic carbocycles. The summed E-state index contributed by atoms with van der Waals surface area (Å²) in [5.74, 6) is 0.0989. The van der Waals surface area contributed by atoms with Crippen molar-refractivity contribution < 1.29 is 9.59 Å². The van der Waals surface area contributed by atoms with Crippen molar-refractivity contribution in [2.45, 2.75) is 6.92 Å². The van der Waals surface area contributed by atoms with Crippen LogP contribution >= 0.6 is 22.7 Å². The van der Waals surface area contributed by atoms with Crippen molar-refractivity contribution in [3.8, 4) is 9.88 Å². The number of nitrogens with one attached hydrogen (secondary N) is 1. The Kier molecular flexibility index (Phi) is 5.31. The molecule has 144 valence electrons. The molecule has 0 saturated carbocycles. The number of aromatic nitrogens is 3. The number of amides is 2. The monoisotopic (exact) mass is 414 g/mol. The molecule has 1 N–H and O–H groups in total. The van der Waals surface area contributed by atoms with Crippen LogP contribution in [0.25, 0.3) is 9.88 Å². The van der Waals surface area contributed by atoms with Crippen LogP contribution in [0, 0.1) is 0 Å². The second kappa shape index (κ2) is 8.03. The second-order valence-electron chi connectivity index (χ2n) is 6.26. The molecule has 10 heteroatoms. The van der Waals surface area contributed by atoms with Gasteiger partial charge in [-0.15, -0.1) is 21.5 Å². The van der Waals surface area contributed by atoms with Gasteiger partial charge in [0.25, 0.3) is 5.91 Å². The van der Waals surface area contributed by atoms with Crippen LogP contribution in [0.5, 0.6) is 0 Å². The second-order valence-corrected chi connectivity index (χ2v) is 8.16. The zero-order chi connectivity index (χ0) is 19.5. The van der Waals surface area contributed by atoms with E-state index in [1.54, 1.807) is 34.8 Å². The molecule has 3 aromatic rings.